The highest BCUT2D eigenvalue weighted by molar-refractivity contribution is 6.08. The Bertz CT molecular complexity index is 846. The Morgan fingerprint density at radius 2 is 1.50 bits per heavy atom. The van der Waals surface area contributed by atoms with Gasteiger partial charge in [0.05, 0.1) is 6.61 Å². The van der Waals surface area contributed by atoms with Gasteiger partial charge in [0, 0.05) is 18.9 Å². The van der Waals surface area contributed by atoms with Crippen molar-refractivity contribution in [1.82, 2.24) is 4.90 Å². The van der Waals surface area contributed by atoms with Crippen LogP contribution in [0.1, 0.15) is 44.2 Å². The number of ether oxygens (including phenoxy) is 2. The highest BCUT2D eigenvalue weighted by Crippen LogP contribution is 2.27. The minimum Gasteiger partial charge on any atom is -0.462 e. The second-order valence-corrected chi connectivity index (χ2v) is 8.82. The third kappa shape index (κ3) is 6.50. The first-order chi connectivity index (χ1) is 15.5. The Morgan fingerprint density at radius 1 is 0.906 bits per heavy atom. The molecule has 0 spiro atoms. The van der Waals surface area contributed by atoms with Crippen molar-refractivity contribution in [1.29, 1.82) is 0 Å². The molecule has 1 unspecified atom stereocenters. The zero-order valence-corrected chi connectivity index (χ0v) is 19.3. The molecule has 0 bridgehead atoms. The van der Waals surface area contributed by atoms with Crippen LogP contribution in [-0.2, 0) is 32.1 Å². The van der Waals surface area contributed by atoms with Crippen LogP contribution in [0.2, 0.25) is 0 Å². The lowest BCUT2D eigenvalue weighted by molar-refractivity contribution is -0.181. The molecule has 0 N–H and O–H groups in total. The van der Waals surface area contributed by atoms with E-state index in [9.17, 15) is 9.59 Å². The zero-order chi connectivity index (χ0) is 22.8. The number of hydrogen-bond donors (Lipinski definition) is 0. The van der Waals surface area contributed by atoms with Crippen molar-refractivity contribution in [2.24, 2.45) is 5.92 Å². The van der Waals surface area contributed by atoms with Gasteiger partial charge in [0.25, 0.3) is 0 Å². The number of carbonyl (C=O) groups excluding carboxylic acids is 2. The average molecular weight is 438 g/mol. The lowest BCUT2D eigenvalue weighted by Gasteiger charge is -2.32. The van der Waals surface area contributed by atoms with Crippen LogP contribution in [-0.4, -0.2) is 48.5 Å². The molecule has 0 amide bonds. The van der Waals surface area contributed by atoms with E-state index in [4.69, 9.17) is 9.47 Å². The first-order valence-electron chi connectivity index (χ1n) is 11.7. The third-order valence-electron chi connectivity index (χ3n) is 5.97. The molecule has 172 valence electrons. The van der Waals surface area contributed by atoms with Gasteiger partial charge in [-0.1, -0.05) is 80.9 Å². The molecule has 1 saturated heterocycles. The molecule has 5 heteroatoms. The van der Waals surface area contributed by atoms with E-state index in [2.05, 4.69) is 4.90 Å². The summed E-state index contributed by atoms with van der Waals surface area (Å²) >= 11 is 0. The summed E-state index contributed by atoms with van der Waals surface area (Å²) in [4.78, 5) is 29.3. The van der Waals surface area contributed by atoms with Crippen LogP contribution >= 0.6 is 0 Å². The molecule has 0 radical (unpaired) electrons. The smallest absolute Gasteiger partial charge is 0.346 e. The zero-order valence-electron chi connectivity index (χ0n) is 19.3. The van der Waals surface area contributed by atoms with E-state index in [1.54, 1.807) is 13.8 Å². The molecule has 0 aliphatic carbocycles. The molecule has 2 aromatic carbocycles. The van der Waals surface area contributed by atoms with Gasteiger partial charge in [0.2, 0.25) is 5.60 Å². The number of esters is 1. The van der Waals surface area contributed by atoms with Gasteiger partial charge in [-0.3, -0.25) is 9.69 Å². The molecule has 1 heterocycles. The first kappa shape index (κ1) is 24.1. The summed E-state index contributed by atoms with van der Waals surface area (Å²) < 4.78 is 11.9. The molecule has 32 heavy (non-hydrogen) atoms. The van der Waals surface area contributed by atoms with Gasteiger partial charge in [-0.15, -0.1) is 0 Å². The Morgan fingerprint density at radius 3 is 2.09 bits per heavy atom. The summed E-state index contributed by atoms with van der Waals surface area (Å²) in [6, 6.07) is 19.1. The summed E-state index contributed by atoms with van der Waals surface area (Å²) in [6.07, 6.45) is 3.77. The number of likely N-dealkylation sites (tertiary alicyclic amines) is 1. The predicted octanol–water partition coefficient (Wildman–Crippen LogP) is 4.44. The maximum Gasteiger partial charge on any atom is 0.346 e. The van der Waals surface area contributed by atoms with Crippen LogP contribution in [0.5, 0.6) is 0 Å². The molecule has 1 aliphatic rings. The normalized spacial score (nSPS) is 16.5. The maximum atomic E-state index is 13.5. The number of Topliss-reactive ketones (excluding diaryl/α,β-unsaturated/α-hetero) is 1. The second kappa shape index (κ2) is 11.9. The number of nitrogens with zero attached hydrogens (tertiary/aromatic N) is 1. The van der Waals surface area contributed by atoms with Crippen molar-refractivity contribution in [2.45, 2.75) is 51.7 Å². The Labute approximate surface area is 191 Å². The van der Waals surface area contributed by atoms with Crippen LogP contribution in [0.4, 0.5) is 0 Å². The number of rotatable bonds is 11. The molecular formula is C27H35NO4. The minimum atomic E-state index is -1.67. The van der Waals surface area contributed by atoms with Gasteiger partial charge in [-0.05, 0) is 37.1 Å². The molecule has 3 rings (SSSR count). The fraction of sp³-hybridized carbons (Fsp3) is 0.481. The van der Waals surface area contributed by atoms with Crippen LogP contribution in [0.3, 0.4) is 0 Å². The second-order valence-electron chi connectivity index (χ2n) is 8.82. The number of carbonyl (C=O) groups is 2. The molecule has 1 fully saturated rings. The van der Waals surface area contributed by atoms with Crippen molar-refractivity contribution in [3.8, 4) is 0 Å². The summed E-state index contributed by atoms with van der Waals surface area (Å²) in [5.41, 5.74) is 0.0953. The SMILES string of the molecule is CC(C)C(=O)C(Cc1ccccc1)(OCc1ccccc1)C(=O)OCCN1CCCCC1. The fourth-order valence-electron chi connectivity index (χ4n) is 4.14. The summed E-state index contributed by atoms with van der Waals surface area (Å²) in [5.74, 6) is -1.21. The number of piperidine rings is 1. The van der Waals surface area contributed by atoms with Crippen molar-refractivity contribution >= 4 is 11.8 Å². The van der Waals surface area contributed by atoms with E-state index in [-0.39, 0.29) is 31.3 Å². The Kier molecular flexibility index (Phi) is 9.00. The molecule has 0 saturated carbocycles. The van der Waals surface area contributed by atoms with E-state index in [1.807, 2.05) is 60.7 Å². The van der Waals surface area contributed by atoms with Crippen LogP contribution in [0.15, 0.2) is 60.7 Å². The van der Waals surface area contributed by atoms with Gasteiger partial charge < -0.3 is 9.47 Å². The predicted molar refractivity (Wildman–Crippen MR) is 125 cm³/mol. The molecule has 5 nitrogen and oxygen atoms in total. The third-order valence-corrected chi connectivity index (χ3v) is 5.97. The average Bonchev–Trinajstić information content (AvgIpc) is 2.83. The van der Waals surface area contributed by atoms with Gasteiger partial charge in [0.15, 0.2) is 5.78 Å². The molecule has 1 aliphatic heterocycles. The lowest BCUT2D eigenvalue weighted by Crippen LogP contribution is -2.54. The fourth-order valence-corrected chi connectivity index (χ4v) is 4.14. The first-order valence-corrected chi connectivity index (χ1v) is 11.7. The van der Waals surface area contributed by atoms with Crippen LogP contribution in [0, 0.1) is 5.92 Å². The van der Waals surface area contributed by atoms with E-state index in [0.29, 0.717) is 6.54 Å². The summed E-state index contributed by atoms with van der Waals surface area (Å²) in [5, 5.41) is 0. The number of benzene rings is 2. The minimum absolute atomic E-state index is 0.153. The highest BCUT2D eigenvalue weighted by Gasteiger charge is 2.49. The van der Waals surface area contributed by atoms with Gasteiger partial charge in [-0.25, -0.2) is 4.79 Å². The number of hydrogen-bond acceptors (Lipinski definition) is 5. The summed E-state index contributed by atoms with van der Waals surface area (Å²) in [6.45, 7) is 6.76. The largest absolute Gasteiger partial charge is 0.462 e. The van der Waals surface area contributed by atoms with E-state index < -0.39 is 11.6 Å². The van der Waals surface area contributed by atoms with Gasteiger partial charge in [-0.2, -0.15) is 0 Å². The standard InChI is InChI=1S/C27H35NO4/c1-22(2)25(29)27(20-23-12-6-3-7-13-23,32-21-24-14-8-4-9-15-24)26(30)31-19-18-28-16-10-5-11-17-28/h3-4,6-9,12-15,22H,5,10-11,16-21H2,1-2H3. The monoisotopic (exact) mass is 437 g/mol. The van der Waals surface area contributed by atoms with E-state index >= 15 is 0 Å². The quantitative estimate of drug-likeness (QED) is 0.384. The summed E-state index contributed by atoms with van der Waals surface area (Å²) in [7, 11) is 0. The van der Waals surface area contributed by atoms with E-state index in [0.717, 1.165) is 24.2 Å². The van der Waals surface area contributed by atoms with Crippen molar-refractivity contribution in [2.75, 3.05) is 26.2 Å². The van der Waals surface area contributed by atoms with Crippen LogP contribution in [0.25, 0.3) is 0 Å². The lowest BCUT2D eigenvalue weighted by atomic mass is 9.84. The molecular weight excluding hydrogens is 402 g/mol. The van der Waals surface area contributed by atoms with Crippen molar-refractivity contribution < 1.29 is 19.1 Å². The van der Waals surface area contributed by atoms with Crippen molar-refractivity contribution in [3.63, 3.8) is 0 Å². The molecule has 0 aromatic heterocycles. The maximum absolute atomic E-state index is 13.5. The van der Waals surface area contributed by atoms with Crippen LogP contribution < -0.4 is 0 Å². The topological polar surface area (TPSA) is 55.8 Å². The van der Waals surface area contributed by atoms with Gasteiger partial charge >= 0.3 is 5.97 Å². The Balaban J connectivity index is 1.81. The van der Waals surface area contributed by atoms with E-state index in [1.165, 1.54) is 19.3 Å². The highest BCUT2D eigenvalue weighted by atomic mass is 16.6. The molecule has 1 atom stereocenters. The number of ketones is 1. The van der Waals surface area contributed by atoms with Gasteiger partial charge in [0.1, 0.15) is 6.61 Å². The Hall–Kier alpha value is -2.50. The van der Waals surface area contributed by atoms with Crippen molar-refractivity contribution in [3.05, 3.63) is 71.8 Å². The molecule has 2 aromatic rings.